The fourth-order valence-corrected chi connectivity index (χ4v) is 3.22. The van der Waals surface area contributed by atoms with Crippen molar-refractivity contribution in [1.29, 1.82) is 0 Å². The highest BCUT2D eigenvalue weighted by molar-refractivity contribution is 7.89. The van der Waals surface area contributed by atoms with Gasteiger partial charge in [-0.15, -0.1) is 0 Å². The number of sulfonamides is 1. The number of amides is 1. The molecule has 124 valence electrons. The summed E-state index contributed by atoms with van der Waals surface area (Å²) in [5, 5.41) is 2.79. The zero-order valence-corrected chi connectivity index (χ0v) is 14.4. The lowest BCUT2D eigenvalue weighted by molar-refractivity contribution is 0.0953. The number of benzene rings is 1. The molecule has 1 N–H and O–H groups in total. The van der Waals surface area contributed by atoms with E-state index in [1.165, 1.54) is 16.4 Å². The zero-order chi connectivity index (χ0) is 16.6. The molecule has 0 spiro atoms. The van der Waals surface area contributed by atoms with Crippen molar-refractivity contribution in [2.24, 2.45) is 0 Å². The molecule has 0 saturated heterocycles. The molecule has 1 rings (SSSR count). The number of carbonyl (C=O) groups excluding carboxylic acids is 1. The number of rotatable bonds is 9. The molecule has 0 aliphatic heterocycles. The lowest BCUT2D eigenvalue weighted by atomic mass is 10.2. The van der Waals surface area contributed by atoms with E-state index in [1.807, 2.05) is 13.8 Å². The van der Waals surface area contributed by atoms with Gasteiger partial charge in [0.25, 0.3) is 5.91 Å². The van der Waals surface area contributed by atoms with Crippen LogP contribution < -0.4 is 5.32 Å². The lowest BCUT2D eigenvalue weighted by Crippen LogP contribution is -2.28. The van der Waals surface area contributed by atoms with E-state index in [1.54, 1.807) is 19.2 Å². The predicted octanol–water partition coefficient (Wildman–Crippen LogP) is 2.64. The van der Waals surface area contributed by atoms with Gasteiger partial charge in [-0.2, -0.15) is 0 Å². The van der Waals surface area contributed by atoms with Crippen LogP contribution in [0.5, 0.6) is 0 Å². The van der Waals surface area contributed by atoms with Gasteiger partial charge in [-0.3, -0.25) is 4.79 Å². The first-order valence-electron chi connectivity index (χ1n) is 7.78. The van der Waals surface area contributed by atoms with E-state index < -0.39 is 10.0 Å². The van der Waals surface area contributed by atoms with Gasteiger partial charge in [-0.05, 0) is 31.0 Å². The van der Waals surface area contributed by atoms with E-state index >= 15 is 0 Å². The van der Waals surface area contributed by atoms with Crippen LogP contribution in [0.2, 0.25) is 0 Å². The van der Waals surface area contributed by atoms with Crippen molar-refractivity contribution in [3.8, 4) is 0 Å². The van der Waals surface area contributed by atoms with Crippen molar-refractivity contribution in [2.75, 3.05) is 20.1 Å². The molecule has 0 atom stereocenters. The van der Waals surface area contributed by atoms with Gasteiger partial charge in [0, 0.05) is 25.7 Å². The van der Waals surface area contributed by atoms with Crippen molar-refractivity contribution in [2.45, 2.75) is 44.4 Å². The maximum absolute atomic E-state index is 12.5. The minimum atomic E-state index is -3.54. The Morgan fingerprint density at radius 3 is 2.50 bits per heavy atom. The number of unbranched alkanes of at least 4 members (excludes halogenated alkanes) is 2. The summed E-state index contributed by atoms with van der Waals surface area (Å²) < 4.78 is 26.3. The van der Waals surface area contributed by atoms with Crippen molar-refractivity contribution in [1.82, 2.24) is 9.62 Å². The Morgan fingerprint density at radius 1 is 1.18 bits per heavy atom. The van der Waals surface area contributed by atoms with Crippen LogP contribution in [0.3, 0.4) is 0 Å². The molecule has 1 aromatic rings. The van der Waals surface area contributed by atoms with E-state index in [2.05, 4.69) is 5.32 Å². The molecular formula is C16H26N2O3S. The van der Waals surface area contributed by atoms with Crippen LogP contribution in [0.1, 0.15) is 49.9 Å². The maximum Gasteiger partial charge on any atom is 0.251 e. The summed E-state index contributed by atoms with van der Waals surface area (Å²) >= 11 is 0. The summed E-state index contributed by atoms with van der Waals surface area (Å²) in [6, 6.07) is 6.21. The fourth-order valence-electron chi connectivity index (χ4n) is 1.96. The number of hydrogen-bond acceptors (Lipinski definition) is 3. The molecule has 0 bridgehead atoms. The minimum absolute atomic E-state index is 0.161. The summed E-state index contributed by atoms with van der Waals surface area (Å²) in [6.07, 6.45) is 3.65. The van der Waals surface area contributed by atoms with E-state index in [4.69, 9.17) is 0 Å². The molecule has 6 heteroatoms. The third-order valence-corrected chi connectivity index (χ3v) is 5.30. The number of nitrogens with one attached hydrogen (secondary N) is 1. The first-order valence-corrected chi connectivity index (χ1v) is 9.22. The Bertz CT molecular complexity index is 585. The summed E-state index contributed by atoms with van der Waals surface area (Å²) in [5.74, 6) is -0.235. The maximum atomic E-state index is 12.5. The molecule has 5 nitrogen and oxygen atoms in total. The van der Waals surface area contributed by atoms with Gasteiger partial charge in [0.1, 0.15) is 0 Å². The Labute approximate surface area is 133 Å². The van der Waals surface area contributed by atoms with Crippen LogP contribution in [-0.4, -0.2) is 38.8 Å². The second-order valence-corrected chi connectivity index (χ2v) is 7.36. The van der Waals surface area contributed by atoms with Crippen molar-refractivity contribution >= 4 is 15.9 Å². The molecule has 1 aromatic carbocycles. The van der Waals surface area contributed by atoms with Gasteiger partial charge in [-0.1, -0.05) is 32.8 Å². The lowest BCUT2D eigenvalue weighted by Gasteiger charge is -2.17. The molecule has 0 aliphatic rings. The summed E-state index contributed by atoms with van der Waals surface area (Å²) in [6.45, 7) is 5.14. The highest BCUT2D eigenvalue weighted by Crippen LogP contribution is 2.16. The summed E-state index contributed by atoms with van der Waals surface area (Å²) in [7, 11) is -1.97. The molecule has 22 heavy (non-hydrogen) atoms. The average Bonchev–Trinajstić information content (AvgIpc) is 2.52. The third-order valence-electron chi connectivity index (χ3n) is 3.45. The number of hydrogen-bond donors (Lipinski definition) is 1. The van der Waals surface area contributed by atoms with Crippen LogP contribution in [0.25, 0.3) is 0 Å². The van der Waals surface area contributed by atoms with Crippen LogP contribution in [0.15, 0.2) is 29.2 Å². The first-order chi connectivity index (χ1) is 10.4. The average molecular weight is 326 g/mol. The molecule has 0 heterocycles. The molecule has 0 saturated carbocycles. The highest BCUT2D eigenvalue weighted by Gasteiger charge is 2.21. The first kappa shape index (κ1) is 18.6. The summed E-state index contributed by atoms with van der Waals surface area (Å²) in [5.41, 5.74) is 0.376. The van der Waals surface area contributed by atoms with Gasteiger partial charge in [0.05, 0.1) is 4.90 Å². The monoisotopic (exact) mass is 326 g/mol. The Hall–Kier alpha value is -1.40. The minimum Gasteiger partial charge on any atom is -0.352 e. The number of nitrogens with zero attached hydrogens (tertiary/aromatic N) is 1. The molecule has 0 aromatic heterocycles. The van der Waals surface area contributed by atoms with E-state index in [0.29, 0.717) is 18.7 Å². The van der Waals surface area contributed by atoms with Gasteiger partial charge in [0.15, 0.2) is 0 Å². The zero-order valence-electron chi connectivity index (χ0n) is 13.6. The SMILES string of the molecule is CCCCNC(=O)c1cccc(S(=O)(=O)N(C)CCCC)c1. The fraction of sp³-hybridized carbons (Fsp3) is 0.562. The topological polar surface area (TPSA) is 66.5 Å². The van der Waals surface area contributed by atoms with Gasteiger partial charge >= 0.3 is 0 Å². The van der Waals surface area contributed by atoms with E-state index in [0.717, 1.165) is 25.7 Å². The van der Waals surface area contributed by atoms with Crippen molar-refractivity contribution in [3.05, 3.63) is 29.8 Å². The quantitative estimate of drug-likeness (QED) is 0.709. The molecule has 0 radical (unpaired) electrons. The van der Waals surface area contributed by atoms with Crippen LogP contribution in [0, 0.1) is 0 Å². The Balaban J connectivity index is 2.88. The standard InChI is InChI=1S/C16H26N2O3S/c1-4-6-11-17-16(19)14-9-8-10-15(13-14)22(20,21)18(3)12-7-5-2/h8-10,13H,4-7,11-12H2,1-3H3,(H,17,19). The van der Waals surface area contributed by atoms with E-state index in [-0.39, 0.29) is 10.8 Å². The van der Waals surface area contributed by atoms with Gasteiger partial charge < -0.3 is 5.32 Å². The van der Waals surface area contributed by atoms with Crippen molar-refractivity contribution in [3.63, 3.8) is 0 Å². The second-order valence-electron chi connectivity index (χ2n) is 5.32. The molecule has 0 aliphatic carbocycles. The number of carbonyl (C=O) groups is 1. The third kappa shape index (κ3) is 5.10. The Kier molecular flexibility index (Phi) is 7.55. The normalized spacial score (nSPS) is 11.6. The van der Waals surface area contributed by atoms with Gasteiger partial charge in [0.2, 0.25) is 10.0 Å². The second kappa shape index (κ2) is 8.90. The largest absolute Gasteiger partial charge is 0.352 e. The van der Waals surface area contributed by atoms with Crippen LogP contribution >= 0.6 is 0 Å². The molecule has 0 fully saturated rings. The molecular weight excluding hydrogens is 300 g/mol. The smallest absolute Gasteiger partial charge is 0.251 e. The Morgan fingerprint density at radius 2 is 1.86 bits per heavy atom. The van der Waals surface area contributed by atoms with Gasteiger partial charge in [-0.25, -0.2) is 12.7 Å². The van der Waals surface area contributed by atoms with Crippen LogP contribution in [-0.2, 0) is 10.0 Å². The van der Waals surface area contributed by atoms with E-state index in [9.17, 15) is 13.2 Å². The van der Waals surface area contributed by atoms with Crippen molar-refractivity contribution < 1.29 is 13.2 Å². The summed E-state index contributed by atoms with van der Waals surface area (Å²) in [4.78, 5) is 12.2. The predicted molar refractivity (Wildman–Crippen MR) is 88.4 cm³/mol. The molecule has 1 amide bonds. The highest BCUT2D eigenvalue weighted by atomic mass is 32.2. The molecule has 0 unspecified atom stereocenters. The van der Waals surface area contributed by atoms with Crippen LogP contribution in [0.4, 0.5) is 0 Å².